The summed E-state index contributed by atoms with van der Waals surface area (Å²) in [6.45, 7) is 1.36. The molecule has 0 heterocycles. The second-order valence-corrected chi connectivity index (χ2v) is 5.02. The van der Waals surface area contributed by atoms with Crippen LogP contribution in [0.25, 0.3) is 0 Å². The van der Waals surface area contributed by atoms with Gasteiger partial charge in [-0.2, -0.15) is 0 Å². The summed E-state index contributed by atoms with van der Waals surface area (Å²) >= 11 is 6.58. The van der Waals surface area contributed by atoms with Crippen molar-refractivity contribution in [3.63, 3.8) is 0 Å². The summed E-state index contributed by atoms with van der Waals surface area (Å²) in [6, 6.07) is 5.26. The van der Waals surface area contributed by atoms with Gasteiger partial charge < -0.3 is 10.4 Å². The number of carbonyl (C=O) groups is 2. The van der Waals surface area contributed by atoms with Crippen molar-refractivity contribution in [1.29, 1.82) is 0 Å². The van der Waals surface area contributed by atoms with E-state index in [-0.39, 0.29) is 5.57 Å². The quantitative estimate of drug-likeness (QED) is 0.811. The van der Waals surface area contributed by atoms with Crippen LogP contribution in [-0.2, 0) is 9.59 Å². The minimum atomic E-state index is -1.12. The molecule has 0 saturated heterocycles. The Balaban J connectivity index is 2.82. The monoisotopic (exact) mass is 361 g/mol. The molecule has 1 amide bonds. The van der Waals surface area contributed by atoms with Crippen LogP contribution in [0.1, 0.15) is 6.92 Å². The van der Waals surface area contributed by atoms with Crippen LogP contribution in [0, 0.1) is 0 Å². The van der Waals surface area contributed by atoms with Crippen molar-refractivity contribution in [3.05, 3.63) is 38.8 Å². The Kier molecular flexibility index (Phi) is 4.89. The first-order chi connectivity index (χ1) is 7.90. The summed E-state index contributed by atoms with van der Waals surface area (Å²) in [4.78, 5) is 22.0. The number of halogens is 2. The lowest BCUT2D eigenvalue weighted by Gasteiger charge is -2.05. The van der Waals surface area contributed by atoms with Gasteiger partial charge in [0.25, 0.3) is 0 Å². The molecule has 0 aromatic heterocycles. The van der Waals surface area contributed by atoms with Gasteiger partial charge in [0.05, 0.1) is 5.69 Å². The highest BCUT2D eigenvalue weighted by atomic mass is 79.9. The summed E-state index contributed by atoms with van der Waals surface area (Å²) in [5.74, 6) is -1.59. The standard InChI is InChI=1S/C11H9Br2NO3/c1-6(11(16)17)4-10(15)14-9-3-2-7(12)5-8(9)13/h2-5H,1H3,(H,14,15)(H,16,17)/b6-4-. The van der Waals surface area contributed by atoms with Crippen LogP contribution in [0.5, 0.6) is 0 Å². The Morgan fingerprint density at radius 2 is 2.00 bits per heavy atom. The molecule has 0 atom stereocenters. The van der Waals surface area contributed by atoms with Crippen LogP contribution in [0.2, 0.25) is 0 Å². The number of amides is 1. The molecule has 0 saturated carbocycles. The van der Waals surface area contributed by atoms with Gasteiger partial charge in [0.2, 0.25) is 5.91 Å². The number of hydrogen-bond acceptors (Lipinski definition) is 2. The third kappa shape index (κ3) is 4.32. The van der Waals surface area contributed by atoms with Crippen LogP contribution in [0.4, 0.5) is 5.69 Å². The largest absolute Gasteiger partial charge is 0.478 e. The molecular formula is C11H9Br2NO3. The maximum absolute atomic E-state index is 11.5. The second kappa shape index (κ2) is 5.97. The molecular weight excluding hydrogens is 354 g/mol. The van der Waals surface area contributed by atoms with Crippen molar-refractivity contribution in [2.75, 3.05) is 5.32 Å². The van der Waals surface area contributed by atoms with Gasteiger partial charge in [-0.25, -0.2) is 4.79 Å². The van der Waals surface area contributed by atoms with Crippen LogP contribution < -0.4 is 5.32 Å². The van der Waals surface area contributed by atoms with Gasteiger partial charge in [-0.15, -0.1) is 0 Å². The Bertz CT molecular complexity index is 497. The second-order valence-electron chi connectivity index (χ2n) is 3.25. The van der Waals surface area contributed by atoms with E-state index in [9.17, 15) is 9.59 Å². The zero-order chi connectivity index (χ0) is 13.0. The molecule has 17 heavy (non-hydrogen) atoms. The van der Waals surface area contributed by atoms with Crippen molar-refractivity contribution >= 4 is 49.4 Å². The van der Waals surface area contributed by atoms with E-state index in [1.165, 1.54) is 6.92 Å². The molecule has 1 aromatic carbocycles. The van der Waals surface area contributed by atoms with Gasteiger partial charge in [0.1, 0.15) is 0 Å². The molecule has 0 aliphatic carbocycles. The normalized spacial score (nSPS) is 11.1. The highest BCUT2D eigenvalue weighted by molar-refractivity contribution is 9.11. The number of hydrogen-bond donors (Lipinski definition) is 2. The Morgan fingerprint density at radius 3 is 2.53 bits per heavy atom. The van der Waals surface area contributed by atoms with Gasteiger partial charge in [0.15, 0.2) is 0 Å². The zero-order valence-corrected chi connectivity index (χ0v) is 12.0. The molecule has 1 aromatic rings. The maximum atomic E-state index is 11.5. The molecule has 0 aliphatic heterocycles. The molecule has 2 N–H and O–H groups in total. The first-order valence-electron chi connectivity index (χ1n) is 4.58. The van der Waals surface area contributed by atoms with E-state index in [0.717, 1.165) is 10.5 Å². The van der Waals surface area contributed by atoms with Crippen molar-refractivity contribution in [3.8, 4) is 0 Å². The number of rotatable bonds is 3. The summed E-state index contributed by atoms with van der Waals surface area (Å²) in [6.07, 6.45) is 1.04. The molecule has 4 nitrogen and oxygen atoms in total. The minimum Gasteiger partial charge on any atom is -0.478 e. The van der Waals surface area contributed by atoms with Crippen molar-refractivity contribution in [1.82, 2.24) is 0 Å². The number of carbonyl (C=O) groups excluding carboxylic acids is 1. The lowest BCUT2D eigenvalue weighted by atomic mass is 10.2. The van der Waals surface area contributed by atoms with Gasteiger partial charge in [0, 0.05) is 20.6 Å². The Hall–Kier alpha value is -1.14. The Morgan fingerprint density at radius 1 is 1.35 bits per heavy atom. The SMILES string of the molecule is C/C(=C/C(=O)Nc1ccc(Br)cc1Br)C(=O)O. The van der Waals surface area contributed by atoms with Gasteiger partial charge in [-0.05, 0) is 41.1 Å². The molecule has 6 heteroatoms. The fraction of sp³-hybridized carbons (Fsp3) is 0.0909. The van der Waals surface area contributed by atoms with E-state index in [2.05, 4.69) is 37.2 Å². The van der Waals surface area contributed by atoms with E-state index < -0.39 is 11.9 Å². The summed E-state index contributed by atoms with van der Waals surface area (Å²) in [7, 11) is 0. The topological polar surface area (TPSA) is 66.4 Å². The van der Waals surface area contributed by atoms with Crippen molar-refractivity contribution in [2.45, 2.75) is 6.92 Å². The Labute approximate surface area is 115 Å². The molecule has 90 valence electrons. The predicted molar refractivity (Wildman–Crippen MR) is 71.9 cm³/mol. The molecule has 0 unspecified atom stereocenters. The third-order valence-electron chi connectivity index (χ3n) is 1.87. The van der Waals surface area contributed by atoms with E-state index in [1.54, 1.807) is 18.2 Å². The highest BCUT2D eigenvalue weighted by Gasteiger charge is 2.06. The maximum Gasteiger partial charge on any atom is 0.331 e. The smallest absolute Gasteiger partial charge is 0.331 e. The number of anilines is 1. The van der Waals surface area contributed by atoms with Crippen LogP contribution in [0.3, 0.4) is 0 Å². The predicted octanol–water partition coefficient (Wildman–Crippen LogP) is 3.18. The van der Waals surface area contributed by atoms with Crippen molar-refractivity contribution in [2.24, 2.45) is 0 Å². The zero-order valence-electron chi connectivity index (χ0n) is 8.83. The third-order valence-corrected chi connectivity index (χ3v) is 3.02. The van der Waals surface area contributed by atoms with E-state index in [0.29, 0.717) is 10.2 Å². The number of carboxylic acids is 1. The first kappa shape index (κ1) is 13.9. The lowest BCUT2D eigenvalue weighted by molar-refractivity contribution is -0.132. The van der Waals surface area contributed by atoms with Crippen LogP contribution in [0.15, 0.2) is 38.8 Å². The fourth-order valence-electron chi connectivity index (χ4n) is 1.02. The summed E-state index contributed by atoms with van der Waals surface area (Å²) in [5.41, 5.74) is 0.559. The lowest BCUT2D eigenvalue weighted by Crippen LogP contribution is -2.11. The minimum absolute atomic E-state index is 0.0178. The average molecular weight is 363 g/mol. The van der Waals surface area contributed by atoms with Gasteiger partial charge >= 0.3 is 5.97 Å². The molecule has 0 radical (unpaired) electrons. The number of carboxylic acid groups (broad SMARTS) is 1. The number of nitrogens with one attached hydrogen (secondary N) is 1. The number of aliphatic carboxylic acids is 1. The highest BCUT2D eigenvalue weighted by Crippen LogP contribution is 2.26. The summed E-state index contributed by atoms with van der Waals surface area (Å²) in [5, 5.41) is 11.2. The van der Waals surface area contributed by atoms with Gasteiger partial charge in [-0.3, -0.25) is 4.79 Å². The van der Waals surface area contributed by atoms with Gasteiger partial charge in [-0.1, -0.05) is 15.9 Å². The average Bonchev–Trinajstić information content (AvgIpc) is 2.22. The summed E-state index contributed by atoms with van der Waals surface area (Å²) < 4.78 is 1.58. The molecule has 0 bridgehead atoms. The first-order valence-corrected chi connectivity index (χ1v) is 6.16. The molecule has 0 spiro atoms. The number of benzene rings is 1. The fourth-order valence-corrected chi connectivity index (χ4v) is 2.16. The van der Waals surface area contributed by atoms with E-state index in [1.807, 2.05) is 0 Å². The molecule has 1 rings (SSSR count). The van der Waals surface area contributed by atoms with Crippen LogP contribution in [-0.4, -0.2) is 17.0 Å². The van der Waals surface area contributed by atoms with E-state index in [4.69, 9.17) is 5.11 Å². The molecule has 0 fully saturated rings. The van der Waals surface area contributed by atoms with E-state index >= 15 is 0 Å². The van der Waals surface area contributed by atoms with Crippen molar-refractivity contribution < 1.29 is 14.7 Å². The molecule has 0 aliphatic rings. The van der Waals surface area contributed by atoms with Crippen LogP contribution >= 0.6 is 31.9 Å².